The molecule has 68 valence electrons. The van der Waals surface area contributed by atoms with E-state index in [2.05, 4.69) is 20.9 Å². The SMILES string of the molecule is COc1cc2ncc(N)n2cc1Br. The highest BCUT2D eigenvalue weighted by Gasteiger charge is 2.05. The Hall–Kier alpha value is -1.23. The molecular weight excluding hydrogens is 234 g/mol. The normalized spacial score (nSPS) is 10.6. The van der Waals surface area contributed by atoms with Crippen LogP contribution in [0, 0.1) is 0 Å². The Labute approximate surface area is 83.5 Å². The second-order valence-corrected chi connectivity index (χ2v) is 3.46. The van der Waals surface area contributed by atoms with Crippen LogP contribution in [0.1, 0.15) is 0 Å². The number of rotatable bonds is 1. The molecule has 2 heterocycles. The first-order valence-corrected chi connectivity index (χ1v) is 4.47. The summed E-state index contributed by atoms with van der Waals surface area (Å²) >= 11 is 3.37. The van der Waals surface area contributed by atoms with Crippen molar-refractivity contribution < 1.29 is 4.74 Å². The topological polar surface area (TPSA) is 52.5 Å². The van der Waals surface area contributed by atoms with Gasteiger partial charge in [-0.3, -0.25) is 4.40 Å². The minimum atomic E-state index is 0.610. The Morgan fingerprint density at radius 2 is 2.38 bits per heavy atom. The van der Waals surface area contributed by atoms with E-state index in [4.69, 9.17) is 10.5 Å². The summed E-state index contributed by atoms with van der Waals surface area (Å²) in [4.78, 5) is 4.11. The fourth-order valence-electron chi connectivity index (χ4n) is 1.16. The highest BCUT2D eigenvalue weighted by Crippen LogP contribution is 2.26. The maximum Gasteiger partial charge on any atom is 0.142 e. The van der Waals surface area contributed by atoms with Gasteiger partial charge >= 0.3 is 0 Å². The number of ether oxygens (including phenoxy) is 1. The molecule has 13 heavy (non-hydrogen) atoms. The lowest BCUT2D eigenvalue weighted by molar-refractivity contribution is 0.412. The number of methoxy groups -OCH3 is 1. The van der Waals surface area contributed by atoms with Crippen molar-refractivity contribution in [1.82, 2.24) is 9.38 Å². The number of hydrogen-bond acceptors (Lipinski definition) is 3. The fraction of sp³-hybridized carbons (Fsp3) is 0.125. The van der Waals surface area contributed by atoms with Crippen molar-refractivity contribution >= 4 is 27.4 Å². The minimum Gasteiger partial charge on any atom is -0.495 e. The summed E-state index contributed by atoms with van der Waals surface area (Å²) in [5, 5.41) is 0. The molecule has 0 aliphatic carbocycles. The molecule has 0 aliphatic rings. The maximum atomic E-state index is 5.68. The molecule has 0 atom stereocenters. The first-order chi connectivity index (χ1) is 6.22. The van der Waals surface area contributed by atoms with Gasteiger partial charge in [0.15, 0.2) is 0 Å². The molecule has 2 rings (SSSR count). The highest BCUT2D eigenvalue weighted by molar-refractivity contribution is 9.10. The van der Waals surface area contributed by atoms with Gasteiger partial charge < -0.3 is 10.5 Å². The zero-order valence-electron chi connectivity index (χ0n) is 6.99. The Kier molecular flexibility index (Phi) is 1.88. The van der Waals surface area contributed by atoms with Crippen molar-refractivity contribution in [2.24, 2.45) is 0 Å². The summed E-state index contributed by atoms with van der Waals surface area (Å²) in [7, 11) is 1.61. The zero-order chi connectivity index (χ0) is 9.42. The van der Waals surface area contributed by atoms with E-state index in [-0.39, 0.29) is 0 Å². The molecule has 0 unspecified atom stereocenters. The number of nitrogens with zero attached hydrogens (tertiary/aromatic N) is 2. The molecule has 2 aromatic rings. The number of anilines is 1. The molecule has 0 bridgehead atoms. The lowest BCUT2D eigenvalue weighted by Gasteiger charge is -2.03. The average Bonchev–Trinajstić information content (AvgIpc) is 2.47. The van der Waals surface area contributed by atoms with Crippen molar-refractivity contribution in [3.8, 4) is 5.75 Å². The van der Waals surface area contributed by atoms with Gasteiger partial charge in [-0.05, 0) is 15.9 Å². The Bertz CT molecular complexity index is 452. The summed E-state index contributed by atoms with van der Waals surface area (Å²) in [6.45, 7) is 0. The molecule has 4 nitrogen and oxygen atoms in total. The number of aromatic nitrogens is 2. The van der Waals surface area contributed by atoms with Crippen molar-refractivity contribution in [2.75, 3.05) is 12.8 Å². The van der Waals surface area contributed by atoms with Crippen LogP contribution in [0.2, 0.25) is 0 Å². The molecule has 0 radical (unpaired) electrons. The zero-order valence-corrected chi connectivity index (χ0v) is 8.58. The molecule has 0 spiro atoms. The summed E-state index contributed by atoms with van der Waals surface area (Å²) in [6.07, 6.45) is 3.44. The van der Waals surface area contributed by atoms with Crippen LogP contribution in [0.15, 0.2) is 22.9 Å². The number of halogens is 1. The van der Waals surface area contributed by atoms with Crippen LogP contribution in [-0.4, -0.2) is 16.5 Å². The first kappa shape index (κ1) is 8.37. The lowest BCUT2D eigenvalue weighted by atomic mass is 10.4. The average molecular weight is 242 g/mol. The van der Waals surface area contributed by atoms with Crippen LogP contribution in [-0.2, 0) is 0 Å². The first-order valence-electron chi connectivity index (χ1n) is 3.68. The molecule has 0 aromatic carbocycles. The number of fused-ring (bicyclic) bond motifs is 1. The minimum absolute atomic E-state index is 0.610. The predicted octanol–water partition coefficient (Wildman–Crippen LogP) is 1.69. The highest BCUT2D eigenvalue weighted by atomic mass is 79.9. The third-order valence-electron chi connectivity index (χ3n) is 1.81. The summed E-state index contributed by atoms with van der Waals surface area (Å²) in [6, 6.07) is 1.82. The van der Waals surface area contributed by atoms with Gasteiger partial charge in [-0.2, -0.15) is 0 Å². The van der Waals surface area contributed by atoms with E-state index < -0.39 is 0 Å². The Morgan fingerprint density at radius 3 is 3.08 bits per heavy atom. The van der Waals surface area contributed by atoms with Crippen LogP contribution in [0.25, 0.3) is 5.65 Å². The van der Waals surface area contributed by atoms with Gasteiger partial charge in [0.05, 0.1) is 17.8 Å². The molecule has 0 aliphatic heterocycles. The third-order valence-corrected chi connectivity index (χ3v) is 2.41. The molecule has 2 N–H and O–H groups in total. The molecular formula is C8H8BrN3O. The second-order valence-electron chi connectivity index (χ2n) is 2.60. The van der Waals surface area contributed by atoms with Crippen molar-refractivity contribution in [1.29, 1.82) is 0 Å². The Balaban J connectivity index is 2.76. The summed E-state index contributed by atoms with van der Waals surface area (Å²) in [5.41, 5.74) is 6.45. The van der Waals surface area contributed by atoms with Crippen LogP contribution >= 0.6 is 15.9 Å². The number of hydrogen-bond donors (Lipinski definition) is 1. The van der Waals surface area contributed by atoms with Gasteiger partial charge in [0.2, 0.25) is 0 Å². The van der Waals surface area contributed by atoms with Crippen molar-refractivity contribution in [3.05, 3.63) is 22.9 Å². The molecule has 0 fully saturated rings. The van der Waals surface area contributed by atoms with Crippen LogP contribution in [0.5, 0.6) is 5.75 Å². The van der Waals surface area contributed by atoms with Crippen LogP contribution in [0.3, 0.4) is 0 Å². The Morgan fingerprint density at radius 1 is 1.62 bits per heavy atom. The molecule has 0 saturated heterocycles. The van der Waals surface area contributed by atoms with Gasteiger partial charge in [-0.1, -0.05) is 0 Å². The lowest BCUT2D eigenvalue weighted by Crippen LogP contribution is -1.94. The van der Waals surface area contributed by atoms with Gasteiger partial charge in [-0.25, -0.2) is 4.98 Å². The van der Waals surface area contributed by atoms with Gasteiger partial charge in [0.1, 0.15) is 17.2 Å². The number of imidazole rings is 1. The van der Waals surface area contributed by atoms with Crippen molar-refractivity contribution in [2.45, 2.75) is 0 Å². The largest absolute Gasteiger partial charge is 0.495 e. The quantitative estimate of drug-likeness (QED) is 0.827. The van der Waals surface area contributed by atoms with E-state index in [1.54, 1.807) is 17.7 Å². The van der Waals surface area contributed by atoms with E-state index >= 15 is 0 Å². The van der Waals surface area contributed by atoms with Crippen LogP contribution < -0.4 is 10.5 Å². The summed E-state index contributed by atoms with van der Waals surface area (Å²) < 4.78 is 7.76. The predicted molar refractivity (Wildman–Crippen MR) is 53.9 cm³/mol. The molecule has 0 saturated carbocycles. The third kappa shape index (κ3) is 1.25. The summed E-state index contributed by atoms with van der Waals surface area (Å²) in [5.74, 6) is 1.36. The van der Waals surface area contributed by atoms with Crippen molar-refractivity contribution in [3.63, 3.8) is 0 Å². The van der Waals surface area contributed by atoms with E-state index in [1.807, 2.05) is 12.3 Å². The number of nitrogen functional groups attached to an aromatic ring is 1. The van der Waals surface area contributed by atoms with E-state index in [0.29, 0.717) is 5.82 Å². The van der Waals surface area contributed by atoms with E-state index in [0.717, 1.165) is 15.9 Å². The van der Waals surface area contributed by atoms with Crippen LogP contribution in [0.4, 0.5) is 5.82 Å². The molecule has 0 amide bonds. The van der Waals surface area contributed by atoms with E-state index in [1.165, 1.54) is 0 Å². The van der Waals surface area contributed by atoms with E-state index in [9.17, 15) is 0 Å². The standard InChI is InChI=1S/C8H8BrN3O/c1-13-6-2-8-11-3-7(10)12(8)4-5(6)9/h2-4H,10H2,1H3. The van der Waals surface area contributed by atoms with Gasteiger partial charge in [-0.15, -0.1) is 0 Å². The second kappa shape index (κ2) is 2.92. The van der Waals surface area contributed by atoms with Gasteiger partial charge in [0, 0.05) is 12.3 Å². The molecule has 2 aromatic heterocycles. The number of pyridine rings is 1. The molecule has 5 heteroatoms. The fourth-order valence-corrected chi connectivity index (χ4v) is 1.64. The number of nitrogens with two attached hydrogens (primary N) is 1. The monoisotopic (exact) mass is 241 g/mol. The maximum absolute atomic E-state index is 5.68. The smallest absolute Gasteiger partial charge is 0.142 e. The van der Waals surface area contributed by atoms with Gasteiger partial charge in [0.25, 0.3) is 0 Å².